The number of piperazine rings is 1. The molecule has 6 heteroatoms. The van der Waals surface area contributed by atoms with Gasteiger partial charge in [0.25, 0.3) is 0 Å². The number of halogens is 1. The van der Waals surface area contributed by atoms with Crippen LogP contribution in [-0.4, -0.2) is 60.4 Å². The predicted molar refractivity (Wildman–Crippen MR) is 68.2 cm³/mol. The number of methoxy groups -OCH3 is 1. The van der Waals surface area contributed by atoms with Gasteiger partial charge in [0.05, 0.1) is 7.11 Å². The smallest absolute Gasteiger partial charge is 0.409 e. The normalized spacial score (nSPS) is 15.9. The lowest BCUT2D eigenvalue weighted by Gasteiger charge is -2.33. The van der Waals surface area contributed by atoms with Crippen molar-refractivity contribution in [2.24, 2.45) is 0 Å². The van der Waals surface area contributed by atoms with Crippen LogP contribution in [0.4, 0.5) is 4.79 Å². The van der Waals surface area contributed by atoms with Gasteiger partial charge in [-0.2, -0.15) is 0 Å². The van der Waals surface area contributed by atoms with Crippen molar-refractivity contribution in [2.75, 3.05) is 38.6 Å². The molecule has 1 aliphatic heterocycles. The van der Waals surface area contributed by atoms with Gasteiger partial charge in [-0.15, -0.1) is 0 Å². The van der Waals surface area contributed by atoms with Crippen molar-refractivity contribution in [1.29, 1.82) is 0 Å². The van der Waals surface area contributed by atoms with E-state index in [1.165, 1.54) is 7.11 Å². The van der Waals surface area contributed by atoms with E-state index in [1.54, 1.807) is 4.90 Å². The molecule has 0 saturated carbocycles. The molecule has 0 atom stereocenters. The quantitative estimate of drug-likeness (QED) is 0.584. The summed E-state index contributed by atoms with van der Waals surface area (Å²) in [5.41, 5.74) is 0. The Labute approximate surface area is 110 Å². The van der Waals surface area contributed by atoms with Crippen molar-refractivity contribution in [2.45, 2.75) is 19.3 Å². The van der Waals surface area contributed by atoms with E-state index in [2.05, 4.69) is 20.7 Å². The minimum atomic E-state index is -0.309. The zero-order valence-corrected chi connectivity index (χ0v) is 11.7. The Bertz CT molecular complexity index is 265. The molecule has 0 aromatic heterocycles. The number of hydrogen-bond acceptors (Lipinski definition) is 3. The third-order valence-electron chi connectivity index (χ3n) is 2.84. The van der Waals surface area contributed by atoms with Crippen molar-refractivity contribution in [3.8, 4) is 0 Å². The van der Waals surface area contributed by atoms with Gasteiger partial charge in [-0.25, -0.2) is 4.79 Å². The van der Waals surface area contributed by atoms with Crippen LogP contribution in [0.3, 0.4) is 0 Å². The molecular formula is C11H19BrN2O3. The summed E-state index contributed by atoms with van der Waals surface area (Å²) in [6, 6.07) is 0. The first-order valence-electron chi connectivity index (χ1n) is 5.85. The number of alkyl halides is 1. The second kappa shape index (κ2) is 7.53. The molecule has 0 unspecified atom stereocenters. The van der Waals surface area contributed by atoms with Crippen LogP contribution < -0.4 is 0 Å². The average Bonchev–Trinajstić information content (AvgIpc) is 2.38. The van der Waals surface area contributed by atoms with E-state index in [1.807, 2.05) is 4.90 Å². The van der Waals surface area contributed by atoms with E-state index in [0.29, 0.717) is 32.6 Å². The van der Waals surface area contributed by atoms with E-state index in [9.17, 15) is 9.59 Å². The zero-order valence-electron chi connectivity index (χ0n) is 10.2. The summed E-state index contributed by atoms with van der Waals surface area (Å²) in [5.74, 6) is 0.190. The monoisotopic (exact) mass is 306 g/mol. The fraction of sp³-hybridized carbons (Fsp3) is 0.818. The third kappa shape index (κ3) is 4.53. The van der Waals surface area contributed by atoms with Gasteiger partial charge in [0, 0.05) is 37.9 Å². The van der Waals surface area contributed by atoms with Gasteiger partial charge >= 0.3 is 6.09 Å². The molecule has 1 rings (SSSR count). The molecule has 2 amide bonds. The van der Waals surface area contributed by atoms with Crippen LogP contribution >= 0.6 is 15.9 Å². The van der Waals surface area contributed by atoms with Crippen LogP contribution in [0.2, 0.25) is 0 Å². The molecule has 1 aliphatic rings. The summed E-state index contributed by atoms with van der Waals surface area (Å²) in [5, 5.41) is 0.941. The zero-order chi connectivity index (χ0) is 12.7. The van der Waals surface area contributed by atoms with Gasteiger partial charge in [-0.1, -0.05) is 15.9 Å². The largest absolute Gasteiger partial charge is 0.453 e. The lowest BCUT2D eigenvalue weighted by molar-refractivity contribution is -0.132. The maximum Gasteiger partial charge on any atom is 0.409 e. The van der Waals surface area contributed by atoms with Crippen molar-refractivity contribution in [3.05, 3.63) is 0 Å². The highest BCUT2D eigenvalue weighted by Crippen LogP contribution is 2.07. The Hall–Kier alpha value is -0.780. The average molecular weight is 307 g/mol. The molecular weight excluding hydrogens is 288 g/mol. The van der Waals surface area contributed by atoms with Crippen molar-refractivity contribution in [1.82, 2.24) is 9.80 Å². The van der Waals surface area contributed by atoms with E-state index >= 15 is 0 Å². The maximum absolute atomic E-state index is 11.8. The second-order valence-electron chi connectivity index (χ2n) is 3.98. The van der Waals surface area contributed by atoms with Gasteiger partial charge in [-0.05, 0) is 12.8 Å². The van der Waals surface area contributed by atoms with Gasteiger partial charge in [-0.3, -0.25) is 4.79 Å². The number of amides is 2. The van der Waals surface area contributed by atoms with Crippen molar-refractivity contribution in [3.63, 3.8) is 0 Å². The van der Waals surface area contributed by atoms with E-state index in [-0.39, 0.29) is 12.0 Å². The molecule has 98 valence electrons. The fourth-order valence-electron chi connectivity index (χ4n) is 1.80. The molecule has 0 spiro atoms. The molecule has 0 aromatic rings. The Balaban J connectivity index is 2.26. The Morgan fingerprint density at radius 1 is 1.12 bits per heavy atom. The maximum atomic E-state index is 11.8. The van der Waals surface area contributed by atoms with E-state index < -0.39 is 0 Å². The van der Waals surface area contributed by atoms with Crippen molar-refractivity contribution < 1.29 is 14.3 Å². The van der Waals surface area contributed by atoms with E-state index in [4.69, 9.17) is 0 Å². The molecule has 0 bridgehead atoms. The fourth-order valence-corrected chi connectivity index (χ4v) is 2.19. The molecule has 0 N–H and O–H groups in total. The van der Waals surface area contributed by atoms with Crippen LogP contribution in [0.25, 0.3) is 0 Å². The lowest BCUT2D eigenvalue weighted by atomic mass is 10.2. The first-order valence-corrected chi connectivity index (χ1v) is 6.98. The minimum absolute atomic E-state index is 0.190. The number of carbonyl (C=O) groups excluding carboxylic acids is 2. The summed E-state index contributed by atoms with van der Waals surface area (Å²) in [6.07, 6.45) is 2.23. The topological polar surface area (TPSA) is 49.9 Å². The molecule has 17 heavy (non-hydrogen) atoms. The van der Waals surface area contributed by atoms with Crippen LogP contribution in [-0.2, 0) is 9.53 Å². The molecule has 5 nitrogen and oxygen atoms in total. The van der Waals surface area contributed by atoms with Gasteiger partial charge in [0.2, 0.25) is 5.91 Å². The highest BCUT2D eigenvalue weighted by Gasteiger charge is 2.23. The predicted octanol–water partition coefficient (Wildman–Crippen LogP) is 1.46. The highest BCUT2D eigenvalue weighted by atomic mass is 79.9. The van der Waals surface area contributed by atoms with E-state index in [0.717, 1.165) is 18.2 Å². The highest BCUT2D eigenvalue weighted by molar-refractivity contribution is 9.09. The van der Waals surface area contributed by atoms with Crippen molar-refractivity contribution >= 4 is 27.9 Å². The molecule has 1 fully saturated rings. The van der Waals surface area contributed by atoms with Crippen LogP contribution in [0.15, 0.2) is 0 Å². The second-order valence-corrected chi connectivity index (χ2v) is 4.78. The summed E-state index contributed by atoms with van der Waals surface area (Å²) in [4.78, 5) is 26.5. The van der Waals surface area contributed by atoms with Crippen LogP contribution in [0, 0.1) is 0 Å². The number of ether oxygens (including phenoxy) is 1. The van der Waals surface area contributed by atoms with Gasteiger partial charge < -0.3 is 14.5 Å². The van der Waals surface area contributed by atoms with Crippen LogP contribution in [0.5, 0.6) is 0 Å². The molecule has 0 radical (unpaired) electrons. The number of carbonyl (C=O) groups is 2. The number of hydrogen-bond donors (Lipinski definition) is 0. The first kappa shape index (κ1) is 14.3. The minimum Gasteiger partial charge on any atom is -0.453 e. The Kier molecular flexibility index (Phi) is 6.32. The van der Waals surface area contributed by atoms with Gasteiger partial charge in [0.1, 0.15) is 0 Å². The summed E-state index contributed by atoms with van der Waals surface area (Å²) >= 11 is 3.34. The third-order valence-corrected chi connectivity index (χ3v) is 3.40. The molecule has 1 saturated heterocycles. The molecule has 0 aromatic carbocycles. The number of nitrogens with zero attached hydrogens (tertiary/aromatic N) is 2. The lowest BCUT2D eigenvalue weighted by Crippen LogP contribution is -2.50. The summed E-state index contributed by atoms with van der Waals surface area (Å²) in [7, 11) is 1.38. The number of rotatable bonds is 4. The first-order chi connectivity index (χ1) is 8.19. The summed E-state index contributed by atoms with van der Waals surface area (Å²) < 4.78 is 4.64. The summed E-state index contributed by atoms with van der Waals surface area (Å²) in [6.45, 7) is 2.36. The molecule has 0 aliphatic carbocycles. The Morgan fingerprint density at radius 3 is 2.24 bits per heavy atom. The number of unbranched alkanes of at least 4 members (excludes halogenated alkanes) is 1. The standard InChI is InChI=1S/C11H19BrN2O3/c1-17-11(16)14-8-6-13(7-9-14)10(15)4-2-3-5-12/h2-9H2,1H3. The Morgan fingerprint density at radius 2 is 1.71 bits per heavy atom. The SMILES string of the molecule is COC(=O)N1CCN(C(=O)CCCCBr)CC1. The molecule has 1 heterocycles. The van der Waals surface area contributed by atoms with Crippen LogP contribution in [0.1, 0.15) is 19.3 Å². The van der Waals surface area contributed by atoms with Gasteiger partial charge in [0.15, 0.2) is 0 Å².